The molecule has 2 aliphatic rings. The van der Waals surface area contributed by atoms with E-state index in [9.17, 15) is 13.2 Å². The summed E-state index contributed by atoms with van der Waals surface area (Å²) in [5.74, 6) is 0.823. The first-order valence-electron chi connectivity index (χ1n) is 7.40. The molecule has 2 N–H and O–H groups in total. The maximum atomic E-state index is 12.7. The van der Waals surface area contributed by atoms with Crippen LogP contribution in [-0.2, 0) is 14.8 Å². The minimum Gasteiger partial charge on any atom is -0.486 e. The largest absolute Gasteiger partial charge is 0.486 e. The first kappa shape index (κ1) is 16.0. The number of piperazine rings is 1. The summed E-state index contributed by atoms with van der Waals surface area (Å²) in [7, 11) is -3.62. The number of benzene rings is 1. The van der Waals surface area contributed by atoms with Crippen LogP contribution in [0.2, 0.25) is 0 Å². The molecular weight excluding hydrogens is 322 g/mol. The highest BCUT2D eigenvalue weighted by molar-refractivity contribution is 7.89. The Bertz CT molecular complexity index is 698. The molecule has 1 aromatic carbocycles. The summed E-state index contributed by atoms with van der Waals surface area (Å²) in [6.07, 6.45) is 0. The van der Waals surface area contributed by atoms with Crippen LogP contribution in [-0.4, -0.2) is 69.5 Å². The number of carbonyl (C=O) groups is 1. The van der Waals surface area contributed by atoms with Gasteiger partial charge in [-0.1, -0.05) is 0 Å². The van der Waals surface area contributed by atoms with Gasteiger partial charge in [0.2, 0.25) is 15.9 Å². The van der Waals surface area contributed by atoms with Gasteiger partial charge in [-0.25, -0.2) is 8.42 Å². The summed E-state index contributed by atoms with van der Waals surface area (Å²) in [6.45, 7) is 1.99. The van der Waals surface area contributed by atoms with Crippen molar-refractivity contribution in [3.8, 4) is 11.5 Å². The second-order valence-corrected chi connectivity index (χ2v) is 7.23. The molecule has 1 saturated heterocycles. The minimum atomic E-state index is -3.62. The quantitative estimate of drug-likeness (QED) is 0.776. The molecule has 0 saturated carbocycles. The first-order valence-corrected chi connectivity index (χ1v) is 8.84. The van der Waals surface area contributed by atoms with Crippen LogP contribution in [0.4, 0.5) is 0 Å². The van der Waals surface area contributed by atoms with Gasteiger partial charge in [-0.05, 0) is 12.1 Å². The lowest BCUT2D eigenvalue weighted by atomic mass is 10.3. The van der Waals surface area contributed by atoms with Crippen molar-refractivity contribution >= 4 is 15.9 Å². The zero-order chi connectivity index (χ0) is 16.4. The predicted molar refractivity (Wildman–Crippen MR) is 81.8 cm³/mol. The van der Waals surface area contributed by atoms with Gasteiger partial charge in [-0.2, -0.15) is 4.31 Å². The van der Waals surface area contributed by atoms with E-state index in [2.05, 4.69) is 0 Å². The maximum absolute atomic E-state index is 12.7. The highest BCUT2D eigenvalue weighted by Gasteiger charge is 2.30. The Hall–Kier alpha value is -1.84. The summed E-state index contributed by atoms with van der Waals surface area (Å²) >= 11 is 0. The molecule has 0 radical (unpaired) electrons. The van der Waals surface area contributed by atoms with Crippen LogP contribution in [0.15, 0.2) is 23.1 Å². The normalized spacial score (nSPS) is 18.7. The molecular formula is C14H19N3O5S. The molecule has 23 heavy (non-hydrogen) atoms. The van der Waals surface area contributed by atoms with E-state index < -0.39 is 10.0 Å². The summed E-state index contributed by atoms with van der Waals surface area (Å²) in [6, 6.07) is 4.61. The van der Waals surface area contributed by atoms with Crippen LogP contribution in [0.25, 0.3) is 0 Å². The second kappa shape index (κ2) is 6.34. The van der Waals surface area contributed by atoms with Gasteiger partial charge in [-0.3, -0.25) is 4.79 Å². The molecule has 0 unspecified atom stereocenters. The van der Waals surface area contributed by atoms with E-state index in [4.69, 9.17) is 15.2 Å². The van der Waals surface area contributed by atoms with Crippen LogP contribution in [0.5, 0.6) is 11.5 Å². The third kappa shape index (κ3) is 3.12. The number of fused-ring (bicyclic) bond motifs is 1. The van der Waals surface area contributed by atoms with Gasteiger partial charge >= 0.3 is 0 Å². The van der Waals surface area contributed by atoms with Crippen LogP contribution < -0.4 is 15.2 Å². The summed E-state index contributed by atoms with van der Waals surface area (Å²) in [5, 5.41) is 0. The van der Waals surface area contributed by atoms with Gasteiger partial charge in [0.1, 0.15) is 13.2 Å². The molecule has 0 aliphatic carbocycles. The lowest BCUT2D eigenvalue weighted by Gasteiger charge is -2.34. The standard InChI is InChI=1S/C14H19N3O5S/c15-10-14(18)16-3-5-17(6-4-16)23(19,20)11-1-2-12-13(9-11)22-8-7-21-12/h1-2,9H,3-8,10,15H2. The number of amides is 1. The Kier molecular flexibility index (Phi) is 4.42. The first-order chi connectivity index (χ1) is 11.0. The molecule has 0 spiro atoms. The second-order valence-electron chi connectivity index (χ2n) is 5.29. The highest BCUT2D eigenvalue weighted by atomic mass is 32.2. The lowest BCUT2D eigenvalue weighted by Crippen LogP contribution is -2.51. The number of sulfonamides is 1. The van der Waals surface area contributed by atoms with Crippen molar-refractivity contribution in [3.63, 3.8) is 0 Å². The van der Waals surface area contributed by atoms with Crippen LogP contribution in [0, 0.1) is 0 Å². The molecule has 0 bridgehead atoms. The monoisotopic (exact) mass is 341 g/mol. The van der Waals surface area contributed by atoms with E-state index in [-0.39, 0.29) is 30.4 Å². The van der Waals surface area contributed by atoms with Crippen molar-refractivity contribution < 1.29 is 22.7 Å². The number of hydrogen-bond acceptors (Lipinski definition) is 6. The van der Waals surface area contributed by atoms with Crippen molar-refractivity contribution in [3.05, 3.63) is 18.2 Å². The van der Waals surface area contributed by atoms with Crippen LogP contribution >= 0.6 is 0 Å². The molecule has 8 nitrogen and oxygen atoms in total. The van der Waals surface area contributed by atoms with Gasteiger partial charge in [0.05, 0.1) is 11.4 Å². The predicted octanol–water partition coefficient (Wildman–Crippen LogP) is -0.751. The average Bonchev–Trinajstić information content (AvgIpc) is 2.60. The Labute approximate surface area is 134 Å². The molecule has 1 amide bonds. The number of hydrogen-bond donors (Lipinski definition) is 1. The van der Waals surface area contributed by atoms with Crippen LogP contribution in [0.1, 0.15) is 0 Å². The molecule has 126 valence electrons. The molecule has 2 aliphatic heterocycles. The zero-order valence-electron chi connectivity index (χ0n) is 12.6. The van der Waals surface area contributed by atoms with Crippen molar-refractivity contribution in [2.45, 2.75) is 4.90 Å². The summed E-state index contributed by atoms with van der Waals surface area (Å²) < 4.78 is 37.6. The van der Waals surface area contributed by atoms with Crippen molar-refractivity contribution in [1.82, 2.24) is 9.21 Å². The van der Waals surface area contributed by atoms with Gasteiger partial charge in [-0.15, -0.1) is 0 Å². The molecule has 1 aromatic rings. The van der Waals surface area contributed by atoms with Gasteiger partial charge in [0, 0.05) is 32.2 Å². The molecule has 3 rings (SSSR count). The topological polar surface area (TPSA) is 102 Å². The van der Waals surface area contributed by atoms with E-state index in [1.807, 2.05) is 0 Å². The fourth-order valence-electron chi connectivity index (χ4n) is 2.64. The molecule has 0 aromatic heterocycles. The van der Waals surface area contributed by atoms with Gasteiger partial charge in [0.25, 0.3) is 0 Å². The Morgan fingerprint density at radius 1 is 1.09 bits per heavy atom. The third-order valence-corrected chi connectivity index (χ3v) is 5.81. The third-order valence-electron chi connectivity index (χ3n) is 3.92. The minimum absolute atomic E-state index is 0.0606. The maximum Gasteiger partial charge on any atom is 0.243 e. The molecule has 0 atom stereocenters. The van der Waals surface area contributed by atoms with E-state index in [1.54, 1.807) is 11.0 Å². The Morgan fingerprint density at radius 2 is 1.74 bits per heavy atom. The smallest absolute Gasteiger partial charge is 0.243 e. The van der Waals surface area contributed by atoms with Crippen LogP contribution in [0.3, 0.4) is 0 Å². The zero-order valence-corrected chi connectivity index (χ0v) is 13.4. The summed E-state index contributed by atoms with van der Waals surface area (Å²) in [4.78, 5) is 13.3. The highest BCUT2D eigenvalue weighted by Crippen LogP contribution is 2.33. The number of ether oxygens (including phenoxy) is 2. The average molecular weight is 341 g/mol. The Morgan fingerprint density at radius 3 is 2.39 bits per heavy atom. The molecule has 2 heterocycles. The van der Waals surface area contributed by atoms with Gasteiger partial charge in [0.15, 0.2) is 11.5 Å². The number of rotatable bonds is 3. The van der Waals surface area contributed by atoms with E-state index in [0.29, 0.717) is 37.8 Å². The van der Waals surface area contributed by atoms with E-state index >= 15 is 0 Å². The molecule has 1 fully saturated rings. The number of nitrogens with zero attached hydrogens (tertiary/aromatic N) is 2. The van der Waals surface area contributed by atoms with Crippen molar-refractivity contribution in [2.75, 3.05) is 45.9 Å². The van der Waals surface area contributed by atoms with E-state index in [1.165, 1.54) is 16.4 Å². The number of nitrogens with two attached hydrogens (primary N) is 1. The Balaban J connectivity index is 1.76. The van der Waals surface area contributed by atoms with Gasteiger partial charge < -0.3 is 20.1 Å². The summed E-state index contributed by atoms with van der Waals surface area (Å²) in [5.41, 5.74) is 5.33. The lowest BCUT2D eigenvalue weighted by molar-refractivity contribution is -0.130. The van der Waals surface area contributed by atoms with Crippen molar-refractivity contribution in [2.24, 2.45) is 5.73 Å². The fourth-order valence-corrected chi connectivity index (χ4v) is 4.08. The fraction of sp³-hybridized carbons (Fsp3) is 0.500. The van der Waals surface area contributed by atoms with Crippen molar-refractivity contribution in [1.29, 1.82) is 0 Å². The number of carbonyl (C=O) groups excluding carboxylic acids is 1. The van der Waals surface area contributed by atoms with E-state index in [0.717, 1.165) is 0 Å². The molecule has 9 heteroatoms. The SMILES string of the molecule is NCC(=O)N1CCN(S(=O)(=O)c2ccc3c(c2)OCCO3)CC1.